The molecular formula is C24H29NO5. The molecule has 30 heavy (non-hydrogen) atoms. The van der Waals surface area contributed by atoms with E-state index >= 15 is 0 Å². The molecule has 160 valence electrons. The number of benzene rings is 2. The highest BCUT2D eigenvalue weighted by atomic mass is 16.7. The molecule has 0 saturated carbocycles. The maximum Gasteiger partial charge on any atom is 0.322 e. The molecule has 2 rings (SSSR count). The summed E-state index contributed by atoms with van der Waals surface area (Å²) in [6, 6.07) is 12.7. The molecule has 0 bridgehead atoms. The van der Waals surface area contributed by atoms with Crippen LogP contribution in [0.1, 0.15) is 48.2 Å². The van der Waals surface area contributed by atoms with Crippen LogP contribution in [0.3, 0.4) is 0 Å². The zero-order valence-electron chi connectivity index (χ0n) is 18.0. The standard InChI is InChI=1S/C24H29NO5/c1-5-6-15-29-24-16-19(7-9-21(24)17-25(3)30-18(2)26)8-14-23(27)20-10-12-22(28-4)13-11-20/h7-14,16H,5-6,15,17H2,1-4H3/b14-8+. The van der Waals surface area contributed by atoms with Crippen LogP contribution in [0.15, 0.2) is 48.5 Å². The third kappa shape index (κ3) is 7.37. The van der Waals surface area contributed by atoms with Gasteiger partial charge in [-0.15, -0.1) is 5.06 Å². The lowest BCUT2D eigenvalue weighted by Crippen LogP contribution is -2.21. The molecule has 2 aromatic carbocycles. The lowest BCUT2D eigenvalue weighted by atomic mass is 10.1. The highest BCUT2D eigenvalue weighted by molar-refractivity contribution is 6.06. The Hall–Kier alpha value is -3.12. The summed E-state index contributed by atoms with van der Waals surface area (Å²) in [5.74, 6) is 0.951. The normalized spacial score (nSPS) is 11.0. The number of methoxy groups -OCH3 is 1. The summed E-state index contributed by atoms with van der Waals surface area (Å²) < 4.78 is 11.1. The van der Waals surface area contributed by atoms with Crippen LogP contribution in [0.5, 0.6) is 11.5 Å². The largest absolute Gasteiger partial charge is 0.497 e. The molecule has 0 saturated heterocycles. The van der Waals surface area contributed by atoms with E-state index in [0.717, 1.165) is 24.0 Å². The van der Waals surface area contributed by atoms with Gasteiger partial charge in [0, 0.05) is 25.1 Å². The quantitative estimate of drug-likeness (QED) is 0.232. The molecule has 0 spiro atoms. The Bertz CT molecular complexity index is 874. The summed E-state index contributed by atoms with van der Waals surface area (Å²) >= 11 is 0. The summed E-state index contributed by atoms with van der Waals surface area (Å²) in [5.41, 5.74) is 2.34. The van der Waals surface area contributed by atoms with Gasteiger partial charge in [0.25, 0.3) is 0 Å². The van der Waals surface area contributed by atoms with E-state index in [2.05, 4.69) is 6.92 Å². The number of carbonyl (C=O) groups is 2. The molecule has 0 aliphatic heterocycles. The number of nitrogens with zero attached hydrogens (tertiary/aromatic N) is 1. The maximum absolute atomic E-state index is 12.4. The summed E-state index contributed by atoms with van der Waals surface area (Å²) in [6.45, 7) is 4.46. The number of hydrogen-bond donors (Lipinski definition) is 0. The Balaban J connectivity index is 2.16. The van der Waals surface area contributed by atoms with Crippen LogP contribution >= 0.6 is 0 Å². The minimum Gasteiger partial charge on any atom is -0.497 e. The minimum atomic E-state index is -0.373. The van der Waals surface area contributed by atoms with Crippen molar-refractivity contribution in [1.82, 2.24) is 5.06 Å². The predicted octanol–water partition coefficient (Wildman–Crippen LogP) is 4.68. The highest BCUT2D eigenvalue weighted by Crippen LogP contribution is 2.24. The second-order valence-electron chi connectivity index (χ2n) is 6.86. The van der Waals surface area contributed by atoms with Gasteiger partial charge in [-0.25, -0.2) is 0 Å². The number of unbranched alkanes of at least 4 members (excludes halogenated alkanes) is 1. The molecule has 6 nitrogen and oxygen atoms in total. The fourth-order valence-electron chi connectivity index (χ4n) is 2.78. The van der Waals surface area contributed by atoms with E-state index in [1.807, 2.05) is 18.2 Å². The molecule has 0 aromatic heterocycles. The fourth-order valence-corrected chi connectivity index (χ4v) is 2.78. The fraction of sp³-hybridized carbons (Fsp3) is 0.333. The van der Waals surface area contributed by atoms with Gasteiger partial charge in [0.05, 0.1) is 20.3 Å². The first-order valence-corrected chi connectivity index (χ1v) is 9.94. The van der Waals surface area contributed by atoms with Gasteiger partial charge in [-0.3, -0.25) is 9.59 Å². The van der Waals surface area contributed by atoms with Gasteiger partial charge < -0.3 is 14.3 Å². The summed E-state index contributed by atoms with van der Waals surface area (Å²) in [4.78, 5) is 28.6. The number of allylic oxidation sites excluding steroid dienone is 1. The first-order valence-electron chi connectivity index (χ1n) is 9.94. The van der Waals surface area contributed by atoms with Gasteiger partial charge in [-0.2, -0.15) is 0 Å². The molecule has 2 aromatic rings. The van der Waals surface area contributed by atoms with E-state index in [4.69, 9.17) is 14.3 Å². The summed E-state index contributed by atoms with van der Waals surface area (Å²) in [5, 5.41) is 1.47. The second kappa shape index (κ2) is 11.8. The molecule has 0 aliphatic carbocycles. The van der Waals surface area contributed by atoms with Crippen molar-refractivity contribution in [2.75, 3.05) is 20.8 Å². The molecule has 0 radical (unpaired) electrons. The van der Waals surface area contributed by atoms with E-state index in [-0.39, 0.29) is 11.8 Å². The van der Waals surface area contributed by atoms with Crippen LogP contribution in [-0.2, 0) is 16.2 Å². The smallest absolute Gasteiger partial charge is 0.322 e. The Morgan fingerprint density at radius 3 is 2.47 bits per heavy atom. The SMILES string of the molecule is CCCCOc1cc(/C=C/C(=O)c2ccc(OC)cc2)ccc1CN(C)OC(C)=O. The van der Waals surface area contributed by atoms with E-state index in [1.54, 1.807) is 44.5 Å². The number of ketones is 1. The third-order valence-corrected chi connectivity index (χ3v) is 4.33. The molecule has 0 atom stereocenters. The van der Waals surface area contributed by atoms with Crippen molar-refractivity contribution < 1.29 is 23.9 Å². The zero-order chi connectivity index (χ0) is 21.9. The van der Waals surface area contributed by atoms with Gasteiger partial charge in [-0.05, 0) is 48.4 Å². The Kier molecular flexibility index (Phi) is 9.09. The van der Waals surface area contributed by atoms with Crippen LogP contribution in [0.4, 0.5) is 0 Å². The van der Waals surface area contributed by atoms with Gasteiger partial charge in [-0.1, -0.05) is 31.6 Å². The van der Waals surface area contributed by atoms with Crippen molar-refractivity contribution in [3.05, 3.63) is 65.2 Å². The zero-order valence-corrected chi connectivity index (χ0v) is 18.0. The predicted molar refractivity (Wildman–Crippen MR) is 116 cm³/mol. The van der Waals surface area contributed by atoms with Gasteiger partial charge >= 0.3 is 5.97 Å². The first kappa shape index (κ1) is 23.2. The Labute approximate surface area is 178 Å². The third-order valence-electron chi connectivity index (χ3n) is 4.33. The molecule has 6 heteroatoms. The molecule has 0 aliphatic rings. The van der Waals surface area contributed by atoms with Crippen LogP contribution in [0.2, 0.25) is 0 Å². The molecule has 0 fully saturated rings. The molecule has 0 heterocycles. The number of rotatable bonds is 11. The highest BCUT2D eigenvalue weighted by Gasteiger charge is 2.10. The van der Waals surface area contributed by atoms with Gasteiger partial charge in [0.15, 0.2) is 5.78 Å². The van der Waals surface area contributed by atoms with Gasteiger partial charge in [0.1, 0.15) is 11.5 Å². The molecule has 0 N–H and O–H groups in total. The van der Waals surface area contributed by atoms with Gasteiger partial charge in [0.2, 0.25) is 0 Å². The summed E-state index contributed by atoms with van der Waals surface area (Å²) in [7, 11) is 3.28. The Morgan fingerprint density at radius 2 is 1.83 bits per heavy atom. The average molecular weight is 411 g/mol. The van der Waals surface area contributed by atoms with E-state index in [0.29, 0.717) is 30.2 Å². The van der Waals surface area contributed by atoms with E-state index < -0.39 is 0 Å². The van der Waals surface area contributed by atoms with Crippen molar-refractivity contribution in [2.45, 2.75) is 33.2 Å². The summed E-state index contributed by atoms with van der Waals surface area (Å²) in [6.07, 6.45) is 5.27. The topological polar surface area (TPSA) is 65.1 Å². The van der Waals surface area contributed by atoms with Crippen molar-refractivity contribution in [2.24, 2.45) is 0 Å². The van der Waals surface area contributed by atoms with Crippen molar-refractivity contribution >= 4 is 17.8 Å². The van der Waals surface area contributed by atoms with E-state index in [9.17, 15) is 9.59 Å². The monoisotopic (exact) mass is 411 g/mol. The number of ether oxygens (including phenoxy) is 2. The van der Waals surface area contributed by atoms with E-state index in [1.165, 1.54) is 18.1 Å². The second-order valence-corrected chi connectivity index (χ2v) is 6.86. The van der Waals surface area contributed by atoms with Crippen molar-refractivity contribution in [3.8, 4) is 11.5 Å². The van der Waals surface area contributed by atoms with Crippen molar-refractivity contribution in [1.29, 1.82) is 0 Å². The maximum atomic E-state index is 12.4. The van der Waals surface area contributed by atoms with Crippen LogP contribution in [-0.4, -0.2) is 37.6 Å². The number of hydrogen-bond acceptors (Lipinski definition) is 6. The molecular weight excluding hydrogens is 382 g/mol. The van der Waals surface area contributed by atoms with Crippen LogP contribution < -0.4 is 9.47 Å². The Morgan fingerprint density at radius 1 is 1.10 bits per heavy atom. The lowest BCUT2D eigenvalue weighted by Gasteiger charge is -2.18. The lowest BCUT2D eigenvalue weighted by molar-refractivity contribution is -0.183. The molecule has 0 unspecified atom stereocenters. The average Bonchev–Trinajstić information content (AvgIpc) is 2.73. The minimum absolute atomic E-state index is 0.0928. The van der Waals surface area contributed by atoms with Crippen molar-refractivity contribution in [3.63, 3.8) is 0 Å². The van der Waals surface area contributed by atoms with Crippen LogP contribution in [0, 0.1) is 0 Å². The number of carbonyl (C=O) groups excluding carboxylic acids is 2. The molecule has 0 amide bonds. The van der Waals surface area contributed by atoms with Crippen LogP contribution in [0.25, 0.3) is 6.08 Å². The first-order chi connectivity index (χ1) is 14.4. The number of hydroxylamine groups is 2.